The van der Waals surface area contributed by atoms with Crippen molar-refractivity contribution >= 4 is 5.57 Å². The van der Waals surface area contributed by atoms with E-state index in [0.717, 1.165) is 31.6 Å². The number of hydrogen-bond acceptors (Lipinski definition) is 2. The van der Waals surface area contributed by atoms with Crippen LogP contribution in [0.25, 0.3) is 5.57 Å². The molecule has 0 N–H and O–H groups in total. The number of nitrogens with zero attached hydrogens (tertiary/aromatic N) is 1. The first-order valence-corrected chi connectivity index (χ1v) is 6.90. The van der Waals surface area contributed by atoms with Gasteiger partial charge in [-0.1, -0.05) is 32.1 Å². The van der Waals surface area contributed by atoms with E-state index in [2.05, 4.69) is 29.6 Å². The number of ether oxygens (including phenoxy) is 1. The highest BCUT2D eigenvalue weighted by atomic mass is 19.4. The number of halogens is 3. The van der Waals surface area contributed by atoms with Gasteiger partial charge in [0.25, 0.3) is 0 Å². The molecule has 0 fully saturated rings. The average Bonchev–Trinajstić information content (AvgIpc) is 2.38. The second-order valence-electron chi connectivity index (χ2n) is 5.49. The van der Waals surface area contributed by atoms with Gasteiger partial charge in [0.15, 0.2) is 0 Å². The van der Waals surface area contributed by atoms with Gasteiger partial charge in [-0.15, -0.1) is 13.2 Å². The molecule has 1 aromatic rings. The van der Waals surface area contributed by atoms with Crippen LogP contribution in [0.4, 0.5) is 13.2 Å². The summed E-state index contributed by atoms with van der Waals surface area (Å²) in [6, 6.07) is 6.08. The van der Waals surface area contributed by atoms with Crippen LogP contribution in [0, 0.1) is 5.92 Å². The van der Waals surface area contributed by atoms with Crippen LogP contribution in [0.3, 0.4) is 0 Å². The Morgan fingerprint density at radius 3 is 2.33 bits per heavy atom. The molecule has 21 heavy (non-hydrogen) atoms. The smallest absolute Gasteiger partial charge is 0.406 e. The highest BCUT2D eigenvalue weighted by molar-refractivity contribution is 5.67. The van der Waals surface area contributed by atoms with Gasteiger partial charge in [0.05, 0.1) is 0 Å². The molecule has 0 aliphatic carbocycles. The van der Waals surface area contributed by atoms with Crippen molar-refractivity contribution in [3.8, 4) is 5.75 Å². The Balaban J connectivity index is 1.98. The van der Waals surface area contributed by atoms with E-state index in [4.69, 9.17) is 0 Å². The molecule has 1 heterocycles. The van der Waals surface area contributed by atoms with Gasteiger partial charge >= 0.3 is 6.36 Å². The highest BCUT2D eigenvalue weighted by Crippen LogP contribution is 2.27. The minimum absolute atomic E-state index is 0.180. The summed E-state index contributed by atoms with van der Waals surface area (Å²) in [5.74, 6) is 1.20. The van der Waals surface area contributed by atoms with E-state index < -0.39 is 6.36 Å². The van der Waals surface area contributed by atoms with Crippen LogP contribution in [0.2, 0.25) is 0 Å². The molecule has 1 radical (unpaired) electrons. The Morgan fingerprint density at radius 1 is 1.19 bits per heavy atom. The molecule has 0 saturated carbocycles. The van der Waals surface area contributed by atoms with Crippen LogP contribution < -0.4 is 4.74 Å². The third-order valence-corrected chi connectivity index (χ3v) is 3.29. The zero-order chi connectivity index (χ0) is 15.5. The molecule has 0 bridgehead atoms. The van der Waals surface area contributed by atoms with Crippen molar-refractivity contribution in [1.29, 1.82) is 0 Å². The third-order valence-electron chi connectivity index (χ3n) is 3.29. The molecular formula is C16H19F3NO. The Bertz CT molecular complexity index is 491. The van der Waals surface area contributed by atoms with E-state index >= 15 is 0 Å². The van der Waals surface area contributed by atoms with Crippen LogP contribution in [-0.4, -0.2) is 30.9 Å². The monoisotopic (exact) mass is 298 g/mol. The highest BCUT2D eigenvalue weighted by Gasteiger charge is 2.31. The topological polar surface area (TPSA) is 12.5 Å². The molecular weight excluding hydrogens is 279 g/mol. The molecule has 1 aliphatic rings. The summed E-state index contributed by atoms with van der Waals surface area (Å²) in [6.45, 7) is 7.05. The molecule has 0 amide bonds. The number of benzene rings is 1. The SMILES string of the molecule is C[C](C)CN1CC=C(c2ccc(OC(F)(F)F)cc2)CC1. The molecule has 0 unspecified atom stereocenters. The standard InChI is InChI=1S/C16H19F3NO/c1-12(2)11-20-9-7-14(8-10-20)13-3-5-15(6-4-13)21-16(17,18)19/h3-7H,8-11H2,1-2H3. The molecule has 2 rings (SSSR count). The first kappa shape index (κ1) is 15.9. The first-order valence-electron chi connectivity index (χ1n) is 6.90. The molecule has 0 atom stereocenters. The second-order valence-corrected chi connectivity index (χ2v) is 5.49. The van der Waals surface area contributed by atoms with E-state index in [1.165, 1.54) is 23.6 Å². The maximum atomic E-state index is 12.1. The molecule has 0 saturated heterocycles. The summed E-state index contributed by atoms with van der Waals surface area (Å²) in [7, 11) is 0. The summed E-state index contributed by atoms with van der Waals surface area (Å²) in [5.41, 5.74) is 2.14. The van der Waals surface area contributed by atoms with Crippen LogP contribution in [0.5, 0.6) is 5.75 Å². The van der Waals surface area contributed by atoms with Crippen LogP contribution in [0.15, 0.2) is 30.3 Å². The maximum absolute atomic E-state index is 12.1. The Kier molecular flexibility index (Phi) is 4.93. The lowest BCUT2D eigenvalue weighted by Gasteiger charge is -2.27. The minimum atomic E-state index is -4.64. The minimum Gasteiger partial charge on any atom is -0.406 e. The van der Waals surface area contributed by atoms with E-state index in [1.54, 1.807) is 12.1 Å². The van der Waals surface area contributed by atoms with Gasteiger partial charge in [-0.2, -0.15) is 0 Å². The zero-order valence-electron chi connectivity index (χ0n) is 12.2. The van der Waals surface area contributed by atoms with Crippen molar-refractivity contribution in [3.05, 3.63) is 41.8 Å². The molecule has 1 aliphatic heterocycles. The van der Waals surface area contributed by atoms with Gasteiger partial charge in [-0.05, 0) is 35.6 Å². The van der Waals surface area contributed by atoms with Crippen molar-refractivity contribution in [2.24, 2.45) is 0 Å². The van der Waals surface area contributed by atoms with Crippen LogP contribution in [0.1, 0.15) is 25.8 Å². The summed E-state index contributed by atoms with van der Waals surface area (Å²) in [5, 5.41) is 0. The predicted octanol–water partition coefficient (Wildman–Crippen LogP) is 4.29. The lowest BCUT2D eigenvalue weighted by atomic mass is 9.99. The number of alkyl halides is 3. The van der Waals surface area contributed by atoms with Crippen molar-refractivity contribution in [1.82, 2.24) is 4.90 Å². The van der Waals surface area contributed by atoms with Crippen LogP contribution >= 0.6 is 0 Å². The third kappa shape index (κ3) is 5.08. The molecule has 5 heteroatoms. The fourth-order valence-electron chi connectivity index (χ4n) is 2.43. The maximum Gasteiger partial charge on any atom is 0.573 e. The van der Waals surface area contributed by atoms with Crippen molar-refractivity contribution in [3.63, 3.8) is 0 Å². The van der Waals surface area contributed by atoms with E-state index in [-0.39, 0.29) is 5.75 Å². The number of rotatable bonds is 4. The molecule has 115 valence electrons. The quantitative estimate of drug-likeness (QED) is 0.822. The Morgan fingerprint density at radius 2 is 1.86 bits per heavy atom. The average molecular weight is 298 g/mol. The van der Waals surface area contributed by atoms with E-state index in [9.17, 15) is 13.2 Å². The second kappa shape index (κ2) is 6.52. The largest absolute Gasteiger partial charge is 0.573 e. The van der Waals surface area contributed by atoms with E-state index in [0.29, 0.717) is 0 Å². The molecule has 0 aromatic heterocycles. The van der Waals surface area contributed by atoms with Gasteiger partial charge < -0.3 is 4.74 Å². The van der Waals surface area contributed by atoms with Crippen LogP contribution in [-0.2, 0) is 0 Å². The summed E-state index contributed by atoms with van der Waals surface area (Å²) >= 11 is 0. The van der Waals surface area contributed by atoms with Gasteiger partial charge in [-0.3, -0.25) is 4.90 Å². The molecule has 0 spiro atoms. The fourth-order valence-corrected chi connectivity index (χ4v) is 2.43. The normalized spacial score (nSPS) is 17.0. The summed E-state index contributed by atoms with van der Waals surface area (Å²) in [6.07, 6.45) is -1.58. The number of hydrogen-bond donors (Lipinski definition) is 0. The van der Waals surface area contributed by atoms with Gasteiger partial charge in [0, 0.05) is 19.6 Å². The predicted molar refractivity (Wildman–Crippen MR) is 76.8 cm³/mol. The lowest BCUT2D eigenvalue weighted by molar-refractivity contribution is -0.274. The molecule has 2 nitrogen and oxygen atoms in total. The zero-order valence-corrected chi connectivity index (χ0v) is 12.2. The van der Waals surface area contributed by atoms with Gasteiger partial charge in [0.2, 0.25) is 0 Å². The molecule has 1 aromatic carbocycles. The van der Waals surface area contributed by atoms with Crippen molar-refractivity contribution < 1.29 is 17.9 Å². The van der Waals surface area contributed by atoms with Gasteiger partial charge in [0.1, 0.15) is 5.75 Å². The Labute approximate surface area is 123 Å². The van der Waals surface area contributed by atoms with Gasteiger partial charge in [-0.25, -0.2) is 0 Å². The Hall–Kier alpha value is -1.49. The lowest BCUT2D eigenvalue weighted by Crippen LogP contribution is -2.31. The van der Waals surface area contributed by atoms with E-state index in [1.807, 2.05) is 0 Å². The van der Waals surface area contributed by atoms with Crippen molar-refractivity contribution in [2.45, 2.75) is 26.6 Å². The summed E-state index contributed by atoms with van der Waals surface area (Å²) < 4.78 is 40.2. The summed E-state index contributed by atoms with van der Waals surface area (Å²) in [4.78, 5) is 2.35. The van der Waals surface area contributed by atoms with Crippen molar-refractivity contribution in [2.75, 3.05) is 19.6 Å². The first-order chi connectivity index (χ1) is 9.83. The fraction of sp³-hybridized carbons (Fsp3) is 0.438.